The normalized spacial score (nSPS) is 10.4. The number of ether oxygens (including phenoxy) is 2. The smallest absolute Gasteiger partial charge is 0.336 e. The lowest BCUT2D eigenvalue weighted by Gasteiger charge is -2.11. The van der Waals surface area contributed by atoms with E-state index in [1.54, 1.807) is 24.3 Å². The van der Waals surface area contributed by atoms with Gasteiger partial charge >= 0.3 is 5.97 Å². The Bertz CT molecular complexity index is 989. The maximum atomic E-state index is 11.7. The lowest BCUT2D eigenvalue weighted by molar-refractivity contribution is 0.0697. The first-order valence-electron chi connectivity index (χ1n) is 10.1. The molecule has 0 radical (unpaired) electrons. The monoisotopic (exact) mass is 402 g/mol. The summed E-state index contributed by atoms with van der Waals surface area (Å²) in [6, 6.07) is 20.8. The average Bonchev–Trinajstić information content (AvgIpc) is 2.78. The number of hydrogen-bond acceptors (Lipinski definition) is 3. The van der Waals surface area contributed by atoms with Gasteiger partial charge in [0.2, 0.25) is 0 Å². The molecule has 0 bridgehead atoms. The molecular formula is C26H26O4. The van der Waals surface area contributed by atoms with Crippen molar-refractivity contribution in [2.75, 3.05) is 13.2 Å². The first-order chi connectivity index (χ1) is 14.6. The van der Waals surface area contributed by atoms with Crippen molar-refractivity contribution in [3.63, 3.8) is 0 Å². The molecule has 0 aliphatic heterocycles. The molecule has 0 unspecified atom stereocenters. The van der Waals surface area contributed by atoms with Gasteiger partial charge in [-0.05, 0) is 59.0 Å². The third kappa shape index (κ3) is 5.29. The van der Waals surface area contributed by atoms with E-state index in [1.165, 1.54) is 0 Å². The molecule has 0 heterocycles. The van der Waals surface area contributed by atoms with E-state index < -0.39 is 5.97 Å². The van der Waals surface area contributed by atoms with Crippen molar-refractivity contribution in [3.8, 4) is 33.8 Å². The van der Waals surface area contributed by atoms with E-state index in [9.17, 15) is 9.90 Å². The van der Waals surface area contributed by atoms with Crippen LogP contribution in [-0.4, -0.2) is 24.3 Å². The second-order valence-corrected chi connectivity index (χ2v) is 6.92. The van der Waals surface area contributed by atoms with E-state index in [0.717, 1.165) is 41.9 Å². The van der Waals surface area contributed by atoms with Crippen molar-refractivity contribution in [1.29, 1.82) is 0 Å². The van der Waals surface area contributed by atoms with Gasteiger partial charge in [-0.25, -0.2) is 4.79 Å². The van der Waals surface area contributed by atoms with Crippen molar-refractivity contribution in [3.05, 3.63) is 84.9 Å². The third-order valence-electron chi connectivity index (χ3n) is 4.74. The maximum absolute atomic E-state index is 11.7. The Hall–Kier alpha value is -3.53. The van der Waals surface area contributed by atoms with Crippen LogP contribution in [-0.2, 0) is 0 Å². The van der Waals surface area contributed by atoms with E-state index in [2.05, 4.69) is 13.5 Å². The molecule has 0 amide bonds. The first-order valence-corrected chi connectivity index (χ1v) is 10.1. The number of carboxylic acids is 1. The van der Waals surface area contributed by atoms with Crippen LogP contribution >= 0.6 is 0 Å². The maximum Gasteiger partial charge on any atom is 0.336 e. The van der Waals surface area contributed by atoms with Crippen molar-refractivity contribution in [1.82, 2.24) is 0 Å². The lowest BCUT2D eigenvalue weighted by Crippen LogP contribution is -2.01. The van der Waals surface area contributed by atoms with Gasteiger partial charge in [-0.2, -0.15) is 0 Å². The number of carboxylic acid groups (broad SMARTS) is 1. The van der Waals surface area contributed by atoms with Gasteiger partial charge in [0.1, 0.15) is 18.1 Å². The molecule has 3 aromatic rings. The highest BCUT2D eigenvalue weighted by molar-refractivity contribution is 5.96. The van der Waals surface area contributed by atoms with Gasteiger partial charge in [0.25, 0.3) is 0 Å². The molecule has 0 spiro atoms. The van der Waals surface area contributed by atoms with E-state index in [-0.39, 0.29) is 5.56 Å². The summed E-state index contributed by atoms with van der Waals surface area (Å²) in [6.45, 7) is 6.87. The number of unbranched alkanes of at least 4 members (excludes halogenated alkanes) is 1. The van der Waals surface area contributed by atoms with E-state index in [0.29, 0.717) is 17.9 Å². The van der Waals surface area contributed by atoms with Gasteiger partial charge in [0.15, 0.2) is 0 Å². The summed E-state index contributed by atoms with van der Waals surface area (Å²) in [5, 5.41) is 9.56. The van der Waals surface area contributed by atoms with E-state index >= 15 is 0 Å². The van der Waals surface area contributed by atoms with Crippen LogP contribution in [0.15, 0.2) is 79.4 Å². The zero-order valence-electron chi connectivity index (χ0n) is 17.1. The second kappa shape index (κ2) is 10.3. The molecule has 0 aliphatic rings. The lowest BCUT2D eigenvalue weighted by atomic mass is 9.96. The molecule has 4 nitrogen and oxygen atoms in total. The number of benzene rings is 3. The van der Waals surface area contributed by atoms with Gasteiger partial charge in [0, 0.05) is 0 Å². The molecule has 0 atom stereocenters. The molecular weight excluding hydrogens is 376 g/mol. The third-order valence-corrected chi connectivity index (χ3v) is 4.74. The van der Waals surface area contributed by atoms with E-state index in [4.69, 9.17) is 9.47 Å². The molecule has 0 saturated heterocycles. The molecule has 3 aromatic carbocycles. The Balaban J connectivity index is 1.83. The summed E-state index contributed by atoms with van der Waals surface area (Å²) in [5.74, 6) is 0.506. The van der Waals surface area contributed by atoms with Crippen LogP contribution < -0.4 is 9.47 Å². The van der Waals surface area contributed by atoms with Crippen molar-refractivity contribution >= 4 is 5.97 Å². The van der Waals surface area contributed by atoms with Gasteiger partial charge in [-0.1, -0.05) is 62.4 Å². The fourth-order valence-electron chi connectivity index (χ4n) is 3.11. The molecule has 3 rings (SSSR count). The molecule has 0 aliphatic carbocycles. The summed E-state index contributed by atoms with van der Waals surface area (Å²) in [4.78, 5) is 11.7. The minimum atomic E-state index is -0.969. The molecule has 154 valence electrons. The van der Waals surface area contributed by atoms with Gasteiger partial charge in [0.05, 0.1) is 12.2 Å². The largest absolute Gasteiger partial charge is 0.494 e. The van der Waals surface area contributed by atoms with Crippen LogP contribution in [0.3, 0.4) is 0 Å². The average molecular weight is 402 g/mol. The van der Waals surface area contributed by atoms with Crippen LogP contribution in [0.4, 0.5) is 0 Å². The molecule has 0 saturated carbocycles. The van der Waals surface area contributed by atoms with Gasteiger partial charge in [-0.3, -0.25) is 0 Å². The Morgan fingerprint density at radius 2 is 1.50 bits per heavy atom. The van der Waals surface area contributed by atoms with Crippen LogP contribution in [0.25, 0.3) is 22.3 Å². The molecule has 0 fully saturated rings. The fraction of sp³-hybridized carbons (Fsp3) is 0.192. The Morgan fingerprint density at radius 1 is 0.900 bits per heavy atom. The van der Waals surface area contributed by atoms with Crippen LogP contribution in [0, 0.1) is 0 Å². The van der Waals surface area contributed by atoms with Gasteiger partial charge < -0.3 is 14.6 Å². The van der Waals surface area contributed by atoms with Crippen molar-refractivity contribution < 1.29 is 19.4 Å². The molecule has 4 heteroatoms. The highest BCUT2D eigenvalue weighted by Crippen LogP contribution is 2.31. The summed E-state index contributed by atoms with van der Waals surface area (Å²) < 4.78 is 11.3. The minimum Gasteiger partial charge on any atom is -0.494 e. The highest BCUT2D eigenvalue weighted by atomic mass is 16.5. The number of hydrogen-bond donors (Lipinski definition) is 1. The Kier molecular flexibility index (Phi) is 7.28. The first kappa shape index (κ1) is 21.2. The van der Waals surface area contributed by atoms with Gasteiger partial charge in [-0.15, -0.1) is 0 Å². The standard InChI is InChI=1S/C26H26O4/c1-3-5-17-30-22-12-10-20(11-13-22)19-6-8-21(9-7-19)25-18-23(29-16-4-2)14-15-24(25)26(27)28/h4,6-15,18H,2-3,5,16-17H2,1H3,(H,27,28). The van der Waals surface area contributed by atoms with E-state index in [1.807, 2.05) is 48.5 Å². The predicted octanol–water partition coefficient (Wildman–Crippen LogP) is 6.46. The summed E-state index contributed by atoms with van der Waals surface area (Å²) in [6.07, 6.45) is 3.80. The highest BCUT2D eigenvalue weighted by Gasteiger charge is 2.13. The predicted molar refractivity (Wildman–Crippen MR) is 120 cm³/mol. The molecule has 0 aromatic heterocycles. The number of carbonyl (C=O) groups is 1. The quantitative estimate of drug-likeness (QED) is 0.312. The zero-order valence-corrected chi connectivity index (χ0v) is 17.1. The topological polar surface area (TPSA) is 55.8 Å². The Morgan fingerprint density at radius 3 is 2.10 bits per heavy atom. The minimum absolute atomic E-state index is 0.238. The molecule has 1 N–H and O–H groups in total. The number of aromatic carboxylic acids is 1. The van der Waals surface area contributed by atoms with Crippen LogP contribution in [0.5, 0.6) is 11.5 Å². The van der Waals surface area contributed by atoms with Crippen molar-refractivity contribution in [2.45, 2.75) is 19.8 Å². The van der Waals surface area contributed by atoms with Crippen LogP contribution in [0.2, 0.25) is 0 Å². The second-order valence-electron chi connectivity index (χ2n) is 6.92. The zero-order chi connectivity index (χ0) is 21.3. The fourth-order valence-corrected chi connectivity index (χ4v) is 3.11. The summed E-state index contributed by atoms with van der Waals surface area (Å²) >= 11 is 0. The Labute approximate surface area is 177 Å². The van der Waals surface area contributed by atoms with Crippen molar-refractivity contribution in [2.24, 2.45) is 0 Å². The SMILES string of the molecule is C=CCOc1ccc(C(=O)O)c(-c2ccc(-c3ccc(OCCCC)cc3)cc2)c1. The molecule has 30 heavy (non-hydrogen) atoms. The summed E-state index contributed by atoms with van der Waals surface area (Å²) in [7, 11) is 0. The number of rotatable bonds is 10. The van der Waals surface area contributed by atoms with Crippen LogP contribution in [0.1, 0.15) is 30.1 Å². The summed E-state index contributed by atoms with van der Waals surface area (Å²) in [5.41, 5.74) is 3.80.